The van der Waals surface area contributed by atoms with Crippen LogP contribution < -0.4 is 15.4 Å². The van der Waals surface area contributed by atoms with Gasteiger partial charge in [0.25, 0.3) is 0 Å². The van der Waals surface area contributed by atoms with Gasteiger partial charge in [-0.25, -0.2) is 17.5 Å². The number of rotatable bonds is 11. The summed E-state index contributed by atoms with van der Waals surface area (Å²) in [5.74, 6) is -0.989. The summed E-state index contributed by atoms with van der Waals surface area (Å²) in [7, 11) is -4.47. The Morgan fingerprint density at radius 3 is 2.42 bits per heavy atom. The third-order valence-corrected chi connectivity index (χ3v) is 9.71. The van der Waals surface area contributed by atoms with Gasteiger partial charge in [0.1, 0.15) is 5.82 Å². The second-order valence-corrected chi connectivity index (χ2v) is 13.0. The molecule has 0 bridgehead atoms. The van der Waals surface area contributed by atoms with E-state index in [1.54, 1.807) is 0 Å². The third kappa shape index (κ3) is 8.01. The van der Waals surface area contributed by atoms with Crippen LogP contribution in [0.5, 0.6) is 0 Å². The molecule has 230 valence electrons. The van der Waals surface area contributed by atoms with Crippen molar-refractivity contribution >= 4 is 15.9 Å². The predicted octanol–water partition coefficient (Wildman–Crippen LogP) is 6.13. The molecular weight excluding hydrogens is 582 g/mol. The number of amides is 1. The van der Waals surface area contributed by atoms with E-state index in [1.807, 2.05) is 6.07 Å². The van der Waals surface area contributed by atoms with Crippen molar-refractivity contribution in [2.75, 3.05) is 6.54 Å². The molecule has 1 amide bonds. The Hall–Kier alpha value is -3.28. The SMILES string of the molecule is O=C(C[C@@H](NS(=O)(=O)c1cccc(C(F)(F)F)c1)c1ccc(F)cc1)N[C@@H]1CCCc2cc(CCNC3CCC3)ccc21. The van der Waals surface area contributed by atoms with E-state index in [9.17, 15) is 30.8 Å². The number of nitrogens with one attached hydrogen (secondary N) is 3. The maximum Gasteiger partial charge on any atom is 0.416 e. The summed E-state index contributed by atoms with van der Waals surface area (Å²) in [6, 6.07) is 13.9. The van der Waals surface area contributed by atoms with Crippen LogP contribution >= 0.6 is 0 Å². The predicted molar refractivity (Wildman–Crippen MR) is 155 cm³/mol. The Morgan fingerprint density at radius 1 is 0.953 bits per heavy atom. The number of carbonyl (C=O) groups excluding carboxylic acids is 1. The second kappa shape index (κ2) is 13.2. The minimum absolute atomic E-state index is 0.257. The van der Waals surface area contributed by atoms with Crippen LogP contribution in [-0.2, 0) is 33.8 Å². The molecule has 2 aliphatic rings. The Kier molecular flexibility index (Phi) is 9.53. The standard InChI is InChI=1S/C32H35F4N3O3S/c33-25-13-11-22(12-14-25)30(39-43(41,42)27-8-2-5-24(19-27)32(34,35)36)20-31(40)38-29-9-1-4-23-18-21(10-15-28(23)29)16-17-37-26-6-3-7-26/h2,5,8,10-15,18-19,26,29-30,37,39H,1,3-4,6-7,9,16-17,20H2,(H,38,40)/t29-,30-/m1/s1. The van der Waals surface area contributed by atoms with Crippen molar-refractivity contribution in [2.45, 2.75) is 80.6 Å². The first-order chi connectivity index (χ1) is 20.5. The number of hydrogen-bond acceptors (Lipinski definition) is 4. The zero-order valence-electron chi connectivity index (χ0n) is 23.6. The summed E-state index contributed by atoms with van der Waals surface area (Å²) in [6.07, 6.45) is 2.12. The summed E-state index contributed by atoms with van der Waals surface area (Å²) in [6.45, 7) is 0.921. The van der Waals surface area contributed by atoms with Gasteiger partial charge < -0.3 is 10.6 Å². The normalized spacial score (nSPS) is 18.0. The van der Waals surface area contributed by atoms with E-state index in [2.05, 4.69) is 27.5 Å². The van der Waals surface area contributed by atoms with E-state index in [0.29, 0.717) is 17.7 Å². The van der Waals surface area contributed by atoms with E-state index in [4.69, 9.17) is 0 Å². The second-order valence-electron chi connectivity index (χ2n) is 11.3. The molecule has 0 spiro atoms. The third-order valence-electron chi connectivity index (χ3n) is 8.24. The van der Waals surface area contributed by atoms with Crippen molar-refractivity contribution in [3.8, 4) is 0 Å². The van der Waals surface area contributed by atoms with E-state index in [1.165, 1.54) is 42.5 Å². The van der Waals surface area contributed by atoms with E-state index in [-0.39, 0.29) is 12.5 Å². The van der Waals surface area contributed by atoms with Crippen molar-refractivity contribution in [1.82, 2.24) is 15.4 Å². The molecule has 5 rings (SSSR count). The van der Waals surface area contributed by atoms with Gasteiger partial charge >= 0.3 is 6.18 Å². The lowest BCUT2D eigenvalue weighted by atomic mass is 9.86. The number of alkyl halides is 3. The monoisotopic (exact) mass is 617 g/mol. The van der Waals surface area contributed by atoms with Crippen LogP contribution in [0.25, 0.3) is 0 Å². The van der Waals surface area contributed by atoms with E-state index >= 15 is 0 Å². The topological polar surface area (TPSA) is 87.3 Å². The lowest BCUT2D eigenvalue weighted by molar-refractivity contribution is -0.137. The number of carbonyl (C=O) groups is 1. The molecule has 3 N–H and O–H groups in total. The van der Waals surface area contributed by atoms with Gasteiger partial charge in [0, 0.05) is 12.5 Å². The fourth-order valence-corrected chi connectivity index (χ4v) is 6.93. The molecule has 0 aliphatic heterocycles. The molecule has 0 heterocycles. The van der Waals surface area contributed by atoms with Crippen LogP contribution in [-0.4, -0.2) is 26.9 Å². The average molecular weight is 618 g/mol. The quantitative estimate of drug-likeness (QED) is 0.226. The van der Waals surface area contributed by atoms with Crippen molar-refractivity contribution in [3.63, 3.8) is 0 Å². The van der Waals surface area contributed by atoms with Crippen LogP contribution in [0.4, 0.5) is 17.6 Å². The van der Waals surface area contributed by atoms with Crippen molar-refractivity contribution in [1.29, 1.82) is 0 Å². The number of benzene rings is 3. The smallest absolute Gasteiger partial charge is 0.349 e. The molecule has 0 unspecified atom stereocenters. The molecule has 1 saturated carbocycles. The van der Waals surface area contributed by atoms with Crippen LogP contribution in [0.1, 0.15) is 78.4 Å². The Bertz CT molecular complexity index is 1540. The lowest BCUT2D eigenvalue weighted by Crippen LogP contribution is -2.36. The van der Waals surface area contributed by atoms with Crippen LogP contribution in [0.15, 0.2) is 71.6 Å². The van der Waals surface area contributed by atoms with E-state index < -0.39 is 44.4 Å². The van der Waals surface area contributed by atoms with Gasteiger partial charge in [-0.2, -0.15) is 13.2 Å². The Balaban J connectivity index is 1.29. The molecule has 11 heteroatoms. The number of fused-ring (bicyclic) bond motifs is 1. The zero-order chi connectivity index (χ0) is 30.6. The molecule has 0 aromatic heterocycles. The fourth-order valence-electron chi connectivity index (χ4n) is 5.66. The largest absolute Gasteiger partial charge is 0.416 e. The highest BCUT2D eigenvalue weighted by Crippen LogP contribution is 2.33. The van der Waals surface area contributed by atoms with Gasteiger partial charge in [-0.3, -0.25) is 4.79 Å². The number of aryl methyl sites for hydroxylation is 1. The highest BCUT2D eigenvalue weighted by atomic mass is 32.2. The molecule has 2 aliphatic carbocycles. The molecule has 3 aromatic carbocycles. The summed E-state index contributed by atoms with van der Waals surface area (Å²) in [5.41, 5.74) is 2.63. The van der Waals surface area contributed by atoms with Gasteiger partial charge in [-0.1, -0.05) is 42.8 Å². The molecule has 0 saturated heterocycles. The van der Waals surface area contributed by atoms with Gasteiger partial charge in [0.2, 0.25) is 15.9 Å². The maximum absolute atomic E-state index is 13.6. The van der Waals surface area contributed by atoms with Gasteiger partial charge in [-0.15, -0.1) is 0 Å². The highest BCUT2D eigenvalue weighted by Gasteiger charge is 2.33. The number of hydrogen-bond donors (Lipinski definition) is 3. The first kappa shape index (κ1) is 31.2. The van der Waals surface area contributed by atoms with Crippen molar-refractivity contribution < 1.29 is 30.8 Å². The molecule has 3 aromatic rings. The summed E-state index contributed by atoms with van der Waals surface area (Å²) < 4.78 is 82.1. The zero-order valence-corrected chi connectivity index (χ0v) is 24.4. The van der Waals surface area contributed by atoms with Gasteiger partial charge in [-0.05, 0) is 97.7 Å². The average Bonchev–Trinajstić information content (AvgIpc) is 2.94. The summed E-state index contributed by atoms with van der Waals surface area (Å²) in [4.78, 5) is 12.7. The minimum Gasteiger partial charge on any atom is -0.349 e. The molecule has 0 radical (unpaired) electrons. The molecular formula is C32H35F4N3O3S. The van der Waals surface area contributed by atoms with Crippen LogP contribution in [0.3, 0.4) is 0 Å². The Morgan fingerprint density at radius 2 is 1.72 bits per heavy atom. The summed E-state index contributed by atoms with van der Waals surface area (Å²) in [5, 5.41) is 6.60. The van der Waals surface area contributed by atoms with Crippen molar-refractivity contribution in [2.24, 2.45) is 0 Å². The van der Waals surface area contributed by atoms with E-state index in [0.717, 1.165) is 68.1 Å². The first-order valence-electron chi connectivity index (χ1n) is 14.6. The molecule has 43 heavy (non-hydrogen) atoms. The highest BCUT2D eigenvalue weighted by molar-refractivity contribution is 7.89. The van der Waals surface area contributed by atoms with Gasteiger partial charge in [0.05, 0.1) is 22.5 Å². The molecule has 1 fully saturated rings. The summed E-state index contributed by atoms with van der Waals surface area (Å²) >= 11 is 0. The number of halogens is 4. The lowest BCUT2D eigenvalue weighted by Gasteiger charge is -2.28. The minimum atomic E-state index is -4.73. The van der Waals surface area contributed by atoms with Crippen LogP contribution in [0.2, 0.25) is 0 Å². The van der Waals surface area contributed by atoms with Crippen molar-refractivity contribution in [3.05, 3.63) is 100 Å². The van der Waals surface area contributed by atoms with Crippen LogP contribution in [0, 0.1) is 5.82 Å². The first-order valence-corrected chi connectivity index (χ1v) is 16.1. The Labute approximate surface area is 249 Å². The maximum atomic E-state index is 13.6. The number of sulfonamides is 1. The molecule has 2 atom stereocenters. The van der Waals surface area contributed by atoms with Gasteiger partial charge in [0.15, 0.2) is 0 Å². The fraction of sp³-hybridized carbons (Fsp3) is 0.406. The molecule has 6 nitrogen and oxygen atoms in total.